The van der Waals surface area contributed by atoms with Crippen molar-refractivity contribution in [2.75, 3.05) is 13.1 Å². The molecule has 0 fully saturated rings. The number of hydrogen-bond acceptors (Lipinski definition) is 5. The van der Waals surface area contributed by atoms with Crippen LogP contribution in [-0.4, -0.2) is 52.2 Å². The molecule has 0 aliphatic rings. The summed E-state index contributed by atoms with van der Waals surface area (Å²) in [5.74, 6) is -2.37. The van der Waals surface area contributed by atoms with E-state index >= 15 is 0 Å². The number of amides is 2. The molecular formula is C19H17Cl2F6N3O3S. The topological polar surface area (TPSA) is 96.5 Å². The Hall–Kier alpha value is -2.09. The summed E-state index contributed by atoms with van der Waals surface area (Å²) < 4.78 is 80.3. The number of carbonyl (C=O) groups excluding carboxylic acids is 2. The van der Waals surface area contributed by atoms with Gasteiger partial charge in [0.25, 0.3) is 17.4 Å². The Morgan fingerprint density at radius 2 is 1.65 bits per heavy atom. The van der Waals surface area contributed by atoms with Crippen LogP contribution in [0.25, 0.3) is 10.4 Å². The normalized spacial score (nSPS) is 12.7. The lowest BCUT2D eigenvalue weighted by atomic mass is 9.89. The first-order valence-corrected chi connectivity index (χ1v) is 11.1. The number of alkyl halides is 7. The largest absolute Gasteiger partial charge is 0.430 e. The van der Waals surface area contributed by atoms with Gasteiger partial charge in [0.2, 0.25) is 0 Å². The lowest BCUT2D eigenvalue weighted by Gasteiger charge is -2.34. The second-order valence-electron chi connectivity index (χ2n) is 6.83. The van der Waals surface area contributed by atoms with Crippen LogP contribution in [-0.2, 0) is 11.5 Å². The highest BCUT2D eigenvalue weighted by Crippen LogP contribution is 2.53. The lowest BCUT2D eigenvalue weighted by Crippen LogP contribution is -2.54. The number of rotatable bonds is 7. The molecule has 1 aromatic heterocycles. The van der Waals surface area contributed by atoms with Crippen LogP contribution in [0.15, 0.2) is 12.1 Å². The van der Waals surface area contributed by atoms with Crippen molar-refractivity contribution in [2.24, 2.45) is 5.73 Å². The summed E-state index contributed by atoms with van der Waals surface area (Å²) in [6, 6.07) is 1.13. The number of halogens is 8. The van der Waals surface area contributed by atoms with Gasteiger partial charge in [0, 0.05) is 30.1 Å². The molecule has 188 valence electrons. The summed E-state index contributed by atoms with van der Waals surface area (Å²) >= 11 is 12.3. The molecule has 2 rings (SSSR count). The molecule has 0 aliphatic heterocycles. The number of hydrogen-bond donors (Lipinski definition) is 2. The highest BCUT2D eigenvalue weighted by Gasteiger charge is 2.72. The number of nitrogens with zero attached hydrogens (tertiary/aromatic N) is 2. The maximum atomic E-state index is 13.4. The number of thiazole rings is 1. The Bertz CT molecular complexity index is 1090. The van der Waals surface area contributed by atoms with Crippen LogP contribution in [0.4, 0.5) is 26.3 Å². The van der Waals surface area contributed by atoms with E-state index in [1.54, 1.807) is 13.8 Å². The molecular weight excluding hydrogens is 535 g/mol. The van der Waals surface area contributed by atoms with Crippen molar-refractivity contribution < 1.29 is 41.0 Å². The minimum Gasteiger partial charge on any atom is -0.369 e. The molecule has 0 unspecified atom stereocenters. The van der Waals surface area contributed by atoms with Gasteiger partial charge < -0.3 is 15.7 Å². The van der Waals surface area contributed by atoms with Gasteiger partial charge in [0.15, 0.2) is 5.01 Å². The highest BCUT2D eigenvalue weighted by atomic mass is 35.5. The number of carbonyl (C=O) groups is 2. The molecule has 34 heavy (non-hydrogen) atoms. The number of aliphatic hydroxyl groups is 1. The Kier molecular flexibility index (Phi) is 8.18. The first-order chi connectivity index (χ1) is 15.6. The summed E-state index contributed by atoms with van der Waals surface area (Å²) in [6.45, 7) is 3.80. The van der Waals surface area contributed by atoms with Gasteiger partial charge in [-0.25, -0.2) is 4.98 Å². The van der Waals surface area contributed by atoms with Gasteiger partial charge in [0.1, 0.15) is 5.69 Å². The maximum absolute atomic E-state index is 13.4. The van der Waals surface area contributed by atoms with E-state index in [-0.39, 0.29) is 34.2 Å². The van der Waals surface area contributed by atoms with E-state index in [4.69, 9.17) is 28.9 Å². The van der Waals surface area contributed by atoms with E-state index in [2.05, 4.69) is 4.98 Å². The Morgan fingerprint density at radius 3 is 2.06 bits per heavy atom. The molecule has 0 bridgehead atoms. The van der Waals surface area contributed by atoms with Crippen LogP contribution in [0.5, 0.6) is 0 Å². The maximum Gasteiger partial charge on any atom is 0.430 e. The number of benzene rings is 1. The Balaban J connectivity index is 2.87. The average molecular weight is 552 g/mol. The first kappa shape index (κ1) is 28.1. The lowest BCUT2D eigenvalue weighted by molar-refractivity contribution is -0.376. The third kappa shape index (κ3) is 4.70. The Labute approximate surface area is 203 Å². The third-order valence-corrected chi connectivity index (χ3v) is 6.73. The molecule has 0 aliphatic carbocycles. The molecule has 6 nitrogen and oxygen atoms in total. The number of primary amides is 1. The molecule has 15 heteroatoms. The molecule has 2 amide bonds. The van der Waals surface area contributed by atoms with Crippen molar-refractivity contribution in [2.45, 2.75) is 37.7 Å². The minimum absolute atomic E-state index is 0.0858. The summed E-state index contributed by atoms with van der Waals surface area (Å²) in [7, 11) is 0. The van der Waals surface area contributed by atoms with E-state index in [0.717, 1.165) is 6.07 Å². The molecule has 0 radical (unpaired) electrons. The van der Waals surface area contributed by atoms with E-state index in [1.165, 1.54) is 4.90 Å². The van der Waals surface area contributed by atoms with Gasteiger partial charge in [-0.2, -0.15) is 26.3 Å². The van der Waals surface area contributed by atoms with Gasteiger partial charge in [-0.3, -0.25) is 9.59 Å². The highest BCUT2D eigenvalue weighted by molar-refractivity contribution is 7.17. The average Bonchev–Trinajstić information content (AvgIpc) is 3.17. The molecule has 1 aromatic carbocycles. The summed E-state index contributed by atoms with van der Waals surface area (Å²) in [5, 5.41) is 8.33. The van der Waals surface area contributed by atoms with E-state index in [9.17, 15) is 41.0 Å². The molecule has 1 heterocycles. The monoisotopic (exact) mass is 551 g/mol. The van der Waals surface area contributed by atoms with Gasteiger partial charge >= 0.3 is 12.4 Å². The van der Waals surface area contributed by atoms with E-state index in [0.29, 0.717) is 17.4 Å². The number of aromatic nitrogens is 1. The molecule has 0 saturated carbocycles. The van der Waals surface area contributed by atoms with Gasteiger partial charge in [-0.15, -0.1) is 22.9 Å². The van der Waals surface area contributed by atoms with Crippen LogP contribution in [0.2, 0.25) is 5.02 Å². The summed E-state index contributed by atoms with van der Waals surface area (Å²) in [4.78, 5) is 29.7. The molecule has 0 saturated heterocycles. The van der Waals surface area contributed by atoms with Gasteiger partial charge in [0.05, 0.1) is 9.90 Å². The quantitative estimate of drug-likeness (QED) is 0.369. The van der Waals surface area contributed by atoms with Crippen molar-refractivity contribution in [3.05, 3.63) is 39.0 Å². The SMILES string of the molecule is CCN(CC)C(=O)c1nc(C(N)=O)sc1-c1ccc(C(O)(C(F)(F)F)C(F)(F)F)c(Cl)c1CCl. The van der Waals surface area contributed by atoms with Crippen molar-refractivity contribution in [1.29, 1.82) is 0 Å². The Morgan fingerprint density at radius 1 is 1.12 bits per heavy atom. The second kappa shape index (κ2) is 9.88. The molecule has 0 atom stereocenters. The van der Waals surface area contributed by atoms with Crippen LogP contribution in [0.1, 0.15) is 45.3 Å². The summed E-state index contributed by atoms with van der Waals surface area (Å²) in [5.41, 5.74) is -2.63. The minimum atomic E-state index is -6.17. The second-order valence-corrected chi connectivity index (χ2v) is 8.48. The zero-order chi connectivity index (χ0) is 26.2. The molecule has 3 N–H and O–H groups in total. The van der Waals surface area contributed by atoms with E-state index < -0.39 is 51.8 Å². The smallest absolute Gasteiger partial charge is 0.369 e. The first-order valence-electron chi connectivity index (χ1n) is 9.40. The van der Waals surface area contributed by atoms with Gasteiger partial charge in [-0.05, 0) is 19.4 Å². The molecule has 2 aromatic rings. The van der Waals surface area contributed by atoms with Crippen LogP contribution < -0.4 is 5.73 Å². The van der Waals surface area contributed by atoms with Crippen molar-refractivity contribution in [1.82, 2.24) is 9.88 Å². The van der Waals surface area contributed by atoms with E-state index in [1.807, 2.05) is 0 Å². The third-order valence-electron chi connectivity index (χ3n) is 4.92. The zero-order valence-electron chi connectivity index (χ0n) is 17.4. The zero-order valence-corrected chi connectivity index (χ0v) is 19.8. The predicted octanol–water partition coefficient (Wildman–Crippen LogP) is 5.10. The fourth-order valence-corrected chi connectivity index (χ4v) is 4.80. The van der Waals surface area contributed by atoms with Crippen LogP contribution in [0, 0.1) is 0 Å². The fraction of sp³-hybridized carbons (Fsp3) is 0.421. The number of nitrogens with two attached hydrogens (primary N) is 1. The summed E-state index contributed by atoms with van der Waals surface area (Å²) in [6.07, 6.45) is -12.3. The van der Waals surface area contributed by atoms with Crippen LogP contribution in [0.3, 0.4) is 0 Å². The van der Waals surface area contributed by atoms with Crippen molar-refractivity contribution >= 4 is 46.4 Å². The van der Waals surface area contributed by atoms with Crippen LogP contribution >= 0.6 is 34.5 Å². The van der Waals surface area contributed by atoms with Gasteiger partial charge in [-0.1, -0.05) is 23.7 Å². The fourth-order valence-electron chi connectivity index (χ4n) is 3.12. The van der Waals surface area contributed by atoms with Crippen molar-refractivity contribution in [3.8, 4) is 10.4 Å². The molecule has 0 spiro atoms. The standard InChI is InChI=1S/C19H17Cl2F6N3O3S/c1-3-30(4-2)16(32)12-13(34-15(29-12)14(28)31)8-5-6-10(11(21)9(8)7-20)17(33,18(22,23)24)19(25,26)27/h5-6,33H,3-4,7H2,1-2H3,(H2,28,31). The van der Waals surface area contributed by atoms with Crippen molar-refractivity contribution in [3.63, 3.8) is 0 Å². The predicted molar refractivity (Wildman–Crippen MR) is 114 cm³/mol.